The van der Waals surface area contributed by atoms with E-state index in [2.05, 4.69) is 10.4 Å². The van der Waals surface area contributed by atoms with Gasteiger partial charge in [0.1, 0.15) is 0 Å². The molecule has 124 valence electrons. The van der Waals surface area contributed by atoms with Crippen molar-refractivity contribution in [3.63, 3.8) is 0 Å². The third kappa shape index (κ3) is 4.89. The summed E-state index contributed by atoms with van der Waals surface area (Å²) in [7, 11) is 0. The van der Waals surface area contributed by atoms with Gasteiger partial charge in [0.25, 0.3) is 11.8 Å². The highest BCUT2D eigenvalue weighted by atomic mass is 16.2. The molecule has 2 rings (SSSR count). The van der Waals surface area contributed by atoms with E-state index in [4.69, 9.17) is 0 Å². The van der Waals surface area contributed by atoms with E-state index in [1.54, 1.807) is 0 Å². The van der Waals surface area contributed by atoms with Gasteiger partial charge in [0.2, 0.25) is 0 Å². The van der Waals surface area contributed by atoms with Crippen LogP contribution in [0.25, 0.3) is 0 Å². The van der Waals surface area contributed by atoms with Crippen LogP contribution in [-0.4, -0.2) is 55.3 Å². The van der Waals surface area contributed by atoms with E-state index in [1.165, 1.54) is 5.01 Å². The fourth-order valence-corrected chi connectivity index (χ4v) is 2.57. The van der Waals surface area contributed by atoms with E-state index < -0.39 is 0 Å². The highest BCUT2D eigenvalue weighted by Crippen LogP contribution is 2.13. The molecular weight excluding hydrogens is 292 g/mol. The molecule has 1 heterocycles. The number of rotatable bonds is 7. The number of likely N-dealkylation sites (N-methyl/N-ethyl adjacent to an activating group) is 2. The zero-order chi connectivity index (χ0) is 16.7. The van der Waals surface area contributed by atoms with Crippen LogP contribution in [0.2, 0.25) is 0 Å². The number of carbonyl (C=O) groups is 2. The minimum Gasteiger partial charge on any atom is -0.351 e. The van der Waals surface area contributed by atoms with Crippen molar-refractivity contribution in [1.29, 1.82) is 0 Å². The molecule has 0 spiro atoms. The second kappa shape index (κ2) is 8.43. The first kappa shape index (κ1) is 17.1. The SMILES string of the molecule is CCNC(=O)C[NH+](CC)CC(=O)N1CCC(c2ccccc2)=N1. The summed E-state index contributed by atoms with van der Waals surface area (Å²) in [6.07, 6.45) is 0.771. The summed E-state index contributed by atoms with van der Waals surface area (Å²) < 4.78 is 0. The van der Waals surface area contributed by atoms with Crippen molar-refractivity contribution in [2.24, 2.45) is 5.10 Å². The van der Waals surface area contributed by atoms with E-state index >= 15 is 0 Å². The zero-order valence-electron chi connectivity index (χ0n) is 13.8. The summed E-state index contributed by atoms with van der Waals surface area (Å²) >= 11 is 0. The van der Waals surface area contributed by atoms with Gasteiger partial charge >= 0.3 is 0 Å². The smallest absolute Gasteiger partial charge is 0.297 e. The molecule has 1 aromatic carbocycles. The lowest BCUT2D eigenvalue weighted by molar-refractivity contribution is -0.882. The average Bonchev–Trinajstić information content (AvgIpc) is 3.05. The number of quaternary nitrogens is 1. The van der Waals surface area contributed by atoms with Crippen LogP contribution in [0.4, 0.5) is 0 Å². The molecule has 1 atom stereocenters. The molecular formula is C17H25N4O2+. The first-order valence-corrected chi connectivity index (χ1v) is 8.17. The molecule has 1 unspecified atom stereocenters. The Morgan fingerprint density at radius 2 is 1.96 bits per heavy atom. The molecule has 2 N–H and O–H groups in total. The second-order valence-corrected chi connectivity index (χ2v) is 5.59. The van der Waals surface area contributed by atoms with Crippen molar-refractivity contribution >= 4 is 17.5 Å². The average molecular weight is 317 g/mol. The molecule has 0 bridgehead atoms. The Balaban J connectivity index is 1.93. The molecule has 1 aromatic rings. The minimum atomic E-state index is -0.0305. The number of amides is 2. The van der Waals surface area contributed by atoms with Crippen LogP contribution in [0.5, 0.6) is 0 Å². The van der Waals surface area contributed by atoms with E-state index in [-0.39, 0.29) is 11.8 Å². The molecule has 2 amide bonds. The molecule has 0 fully saturated rings. The monoisotopic (exact) mass is 317 g/mol. The Labute approximate surface area is 137 Å². The molecule has 0 saturated carbocycles. The first-order valence-electron chi connectivity index (χ1n) is 8.17. The number of benzene rings is 1. The number of nitrogens with zero attached hydrogens (tertiary/aromatic N) is 2. The number of hydrogen-bond donors (Lipinski definition) is 2. The quantitative estimate of drug-likeness (QED) is 0.723. The number of hydrogen-bond acceptors (Lipinski definition) is 3. The largest absolute Gasteiger partial charge is 0.351 e. The van der Waals surface area contributed by atoms with E-state index in [0.29, 0.717) is 26.2 Å². The molecule has 0 radical (unpaired) electrons. The summed E-state index contributed by atoms with van der Waals surface area (Å²) in [5.41, 5.74) is 2.01. The molecule has 0 aliphatic carbocycles. The molecule has 0 saturated heterocycles. The van der Waals surface area contributed by atoms with Crippen LogP contribution in [0.15, 0.2) is 35.4 Å². The number of carbonyl (C=O) groups excluding carboxylic acids is 2. The van der Waals surface area contributed by atoms with Gasteiger partial charge in [-0.2, -0.15) is 5.10 Å². The van der Waals surface area contributed by atoms with Crippen molar-refractivity contribution in [3.8, 4) is 0 Å². The lowest BCUT2D eigenvalue weighted by Gasteiger charge is -2.18. The normalized spacial score (nSPS) is 15.2. The lowest BCUT2D eigenvalue weighted by atomic mass is 10.1. The maximum atomic E-state index is 12.4. The zero-order valence-corrected chi connectivity index (χ0v) is 13.8. The Hall–Kier alpha value is -2.21. The van der Waals surface area contributed by atoms with Crippen molar-refractivity contribution < 1.29 is 14.5 Å². The van der Waals surface area contributed by atoms with Gasteiger partial charge in [-0.05, 0) is 19.4 Å². The molecule has 1 aliphatic rings. The number of hydrazone groups is 1. The maximum absolute atomic E-state index is 12.4. The fraction of sp³-hybridized carbons (Fsp3) is 0.471. The van der Waals surface area contributed by atoms with Crippen molar-refractivity contribution in [1.82, 2.24) is 10.3 Å². The van der Waals surface area contributed by atoms with Crippen molar-refractivity contribution in [2.75, 3.05) is 32.7 Å². The summed E-state index contributed by atoms with van der Waals surface area (Å²) in [6.45, 7) is 6.43. The third-order valence-electron chi connectivity index (χ3n) is 3.88. The van der Waals surface area contributed by atoms with Crippen LogP contribution in [0.1, 0.15) is 25.8 Å². The summed E-state index contributed by atoms with van der Waals surface area (Å²) in [6, 6.07) is 9.91. The molecule has 6 heteroatoms. The van der Waals surface area contributed by atoms with Gasteiger partial charge in [-0.25, -0.2) is 5.01 Å². The van der Waals surface area contributed by atoms with Crippen LogP contribution < -0.4 is 10.2 Å². The topological polar surface area (TPSA) is 66.2 Å². The maximum Gasteiger partial charge on any atom is 0.297 e. The predicted molar refractivity (Wildman–Crippen MR) is 89.2 cm³/mol. The highest BCUT2D eigenvalue weighted by molar-refractivity contribution is 6.02. The first-order chi connectivity index (χ1) is 11.1. The minimum absolute atomic E-state index is 0.0213. The van der Waals surface area contributed by atoms with Gasteiger partial charge in [0.15, 0.2) is 13.1 Å². The summed E-state index contributed by atoms with van der Waals surface area (Å²) in [4.78, 5) is 25.0. The van der Waals surface area contributed by atoms with Crippen molar-refractivity contribution in [3.05, 3.63) is 35.9 Å². The standard InChI is InChI=1S/C17H24N4O2/c1-3-18-16(22)12-20(4-2)13-17(23)21-11-10-15(19-21)14-8-6-5-7-9-14/h5-9H,3-4,10-13H2,1-2H3,(H,18,22)/p+1. The van der Waals surface area contributed by atoms with Gasteiger partial charge in [-0.1, -0.05) is 30.3 Å². The van der Waals surface area contributed by atoms with Crippen LogP contribution in [-0.2, 0) is 9.59 Å². The van der Waals surface area contributed by atoms with Gasteiger partial charge in [0, 0.05) is 13.0 Å². The van der Waals surface area contributed by atoms with Gasteiger partial charge in [-0.15, -0.1) is 0 Å². The Bertz CT molecular complexity index is 571. The predicted octanol–water partition coefficient (Wildman–Crippen LogP) is -0.336. The van der Waals surface area contributed by atoms with E-state index in [0.717, 1.165) is 29.1 Å². The van der Waals surface area contributed by atoms with E-state index in [1.807, 2.05) is 44.2 Å². The Morgan fingerprint density at radius 3 is 2.61 bits per heavy atom. The fourth-order valence-electron chi connectivity index (χ4n) is 2.57. The van der Waals surface area contributed by atoms with Crippen LogP contribution in [0, 0.1) is 0 Å². The summed E-state index contributed by atoms with van der Waals surface area (Å²) in [5, 5.41) is 8.75. The molecule has 6 nitrogen and oxygen atoms in total. The third-order valence-corrected chi connectivity index (χ3v) is 3.88. The molecule has 1 aliphatic heterocycles. The lowest BCUT2D eigenvalue weighted by Crippen LogP contribution is -3.14. The molecule has 0 aromatic heterocycles. The Kier molecular flexibility index (Phi) is 6.29. The highest BCUT2D eigenvalue weighted by Gasteiger charge is 2.25. The van der Waals surface area contributed by atoms with Gasteiger partial charge < -0.3 is 10.2 Å². The van der Waals surface area contributed by atoms with Crippen LogP contribution >= 0.6 is 0 Å². The van der Waals surface area contributed by atoms with Gasteiger partial charge in [0.05, 0.1) is 18.8 Å². The Morgan fingerprint density at radius 1 is 1.22 bits per heavy atom. The number of nitrogens with one attached hydrogen (secondary N) is 2. The summed E-state index contributed by atoms with van der Waals surface area (Å²) in [5.74, 6) is -0.0517. The van der Waals surface area contributed by atoms with E-state index in [9.17, 15) is 9.59 Å². The second-order valence-electron chi connectivity index (χ2n) is 5.59. The van der Waals surface area contributed by atoms with Crippen molar-refractivity contribution in [2.45, 2.75) is 20.3 Å². The van der Waals surface area contributed by atoms with Crippen LogP contribution in [0.3, 0.4) is 0 Å². The molecule has 23 heavy (non-hydrogen) atoms. The van der Waals surface area contributed by atoms with Gasteiger partial charge in [-0.3, -0.25) is 9.59 Å².